The summed E-state index contributed by atoms with van der Waals surface area (Å²) in [5, 5.41) is 11.1. The number of ether oxygens (including phenoxy) is 3. The molecule has 0 bridgehead atoms. The average Bonchev–Trinajstić information content (AvgIpc) is 3.03. The van der Waals surface area contributed by atoms with Crippen molar-refractivity contribution in [1.82, 2.24) is 4.90 Å². The molecule has 0 saturated carbocycles. The molecule has 2 aromatic rings. The van der Waals surface area contributed by atoms with E-state index in [0.29, 0.717) is 35.8 Å². The van der Waals surface area contributed by atoms with E-state index in [1.54, 1.807) is 36.4 Å². The van der Waals surface area contributed by atoms with Gasteiger partial charge in [0.05, 0.1) is 18.2 Å². The first-order valence-electron chi connectivity index (χ1n) is 9.85. The van der Waals surface area contributed by atoms with Gasteiger partial charge in [-0.05, 0) is 42.3 Å². The highest BCUT2D eigenvalue weighted by Gasteiger charge is 2.46. The quantitative estimate of drug-likeness (QED) is 0.394. The van der Waals surface area contributed by atoms with Gasteiger partial charge in [0.2, 0.25) is 0 Å². The Morgan fingerprint density at radius 1 is 1.16 bits per heavy atom. The minimum Gasteiger partial charge on any atom is -0.507 e. The van der Waals surface area contributed by atoms with Crippen molar-refractivity contribution in [2.45, 2.75) is 13.0 Å². The first kappa shape index (κ1) is 21.4. The van der Waals surface area contributed by atoms with Gasteiger partial charge in [0.25, 0.3) is 11.7 Å². The third kappa shape index (κ3) is 3.93. The maximum Gasteiger partial charge on any atom is 0.295 e. The van der Waals surface area contributed by atoms with E-state index < -0.39 is 17.7 Å². The van der Waals surface area contributed by atoms with Crippen LogP contribution in [0.5, 0.6) is 11.5 Å². The number of methoxy groups -OCH3 is 1. The van der Waals surface area contributed by atoms with E-state index in [2.05, 4.69) is 15.9 Å². The molecular weight excluding hydrogens is 466 g/mol. The number of rotatable bonds is 5. The van der Waals surface area contributed by atoms with E-state index in [1.807, 2.05) is 6.92 Å². The van der Waals surface area contributed by atoms with Crippen molar-refractivity contribution in [2.75, 3.05) is 33.5 Å². The lowest BCUT2D eigenvalue weighted by Gasteiger charge is -2.26. The standard InChI is InChI=1S/C23H22BrNO6/c1-13-11-15(3-5-16(13)24)21(26)19-20(25(7-8-29-2)23(28)22(19)27)14-4-6-17-18(12-14)31-10-9-30-17/h3-6,11-12,20,26H,7-10H2,1-2H3/b21-19-. The normalized spacial score (nSPS) is 19.7. The number of aryl methyl sites for hydroxylation is 1. The van der Waals surface area contributed by atoms with E-state index in [0.717, 1.165) is 10.0 Å². The van der Waals surface area contributed by atoms with Gasteiger partial charge in [0.1, 0.15) is 19.0 Å². The topological polar surface area (TPSA) is 85.3 Å². The van der Waals surface area contributed by atoms with E-state index in [-0.39, 0.29) is 24.5 Å². The van der Waals surface area contributed by atoms with Gasteiger partial charge < -0.3 is 24.2 Å². The van der Waals surface area contributed by atoms with Crippen LogP contribution >= 0.6 is 15.9 Å². The molecule has 4 rings (SSSR count). The van der Waals surface area contributed by atoms with Crippen LogP contribution < -0.4 is 9.47 Å². The monoisotopic (exact) mass is 487 g/mol. The Morgan fingerprint density at radius 3 is 2.61 bits per heavy atom. The summed E-state index contributed by atoms with van der Waals surface area (Å²) in [4.78, 5) is 27.3. The SMILES string of the molecule is COCCN1C(=O)C(=O)/C(=C(\O)c2ccc(Br)c(C)c2)C1c1ccc2c(c1)OCCO2. The van der Waals surface area contributed by atoms with Crippen LogP contribution in [0.2, 0.25) is 0 Å². The number of aliphatic hydroxyl groups is 1. The number of amides is 1. The summed E-state index contributed by atoms with van der Waals surface area (Å²) < 4.78 is 17.3. The lowest BCUT2D eigenvalue weighted by atomic mass is 9.94. The maximum atomic E-state index is 13.0. The van der Waals surface area contributed by atoms with E-state index in [9.17, 15) is 14.7 Å². The number of aliphatic hydroxyl groups excluding tert-OH is 1. The zero-order chi connectivity index (χ0) is 22.1. The Labute approximate surface area is 188 Å². The number of Topliss-reactive ketones (excluding diaryl/α,β-unsaturated/α-hetero) is 1. The molecule has 0 spiro atoms. The molecule has 0 aromatic heterocycles. The third-order valence-electron chi connectivity index (χ3n) is 5.39. The van der Waals surface area contributed by atoms with Crippen molar-refractivity contribution in [3.63, 3.8) is 0 Å². The summed E-state index contributed by atoms with van der Waals surface area (Å²) in [5.41, 5.74) is 2.05. The number of nitrogens with zero attached hydrogens (tertiary/aromatic N) is 1. The number of ketones is 1. The Kier molecular flexibility index (Phi) is 6.02. The molecular formula is C23H22BrNO6. The van der Waals surface area contributed by atoms with Crippen LogP contribution in [0.3, 0.4) is 0 Å². The predicted octanol–water partition coefficient (Wildman–Crippen LogP) is 3.60. The predicted molar refractivity (Wildman–Crippen MR) is 117 cm³/mol. The van der Waals surface area contributed by atoms with Gasteiger partial charge in [-0.2, -0.15) is 0 Å². The summed E-state index contributed by atoms with van der Waals surface area (Å²) in [6, 6.07) is 9.79. The smallest absolute Gasteiger partial charge is 0.295 e. The zero-order valence-corrected chi connectivity index (χ0v) is 18.8. The highest BCUT2D eigenvalue weighted by Crippen LogP contribution is 2.42. The summed E-state index contributed by atoms with van der Waals surface area (Å²) in [6.45, 7) is 3.22. The molecule has 1 fully saturated rings. The molecule has 1 amide bonds. The molecule has 2 aliphatic heterocycles. The summed E-state index contributed by atoms with van der Waals surface area (Å²) in [7, 11) is 1.53. The first-order valence-corrected chi connectivity index (χ1v) is 10.6. The van der Waals surface area contributed by atoms with Crippen LogP contribution in [0.4, 0.5) is 0 Å². The number of fused-ring (bicyclic) bond motifs is 1. The van der Waals surface area contributed by atoms with Crippen LogP contribution in [0.15, 0.2) is 46.4 Å². The molecule has 1 N–H and O–H groups in total. The summed E-state index contributed by atoms with van der Waals surface area (Å²) in [6.07, 6.45) is 0. The maximum absolute atomic E-state index is 13.0. The minimum absolute atomic E-state index is 0.0412. The van der Waals surface area contributed by atoms with Crippen molar-refractivity contribution >= 4 is 33.4 Å². The molecule has 2 aromatic carbocycles. The van der Waals surface area contributed by atoms with Crippen LogP contribution in [-0.4, -0.2) is 55.2 Å². The second kappa shape index (κ2) is 8.72. The third-order valence-corrected chi connectivity index (χ3v) is 6.28. The van der Waals surface area contributed by atoms with Crippen molar-refractivity contribution < 1.29 is 28.9 Å². The summed E-state index contributed by atoms with van der Waals surface area (Å²) in [5.74, 6) is -0.469. The van der Waals surface area contributed by atoms with Crippen LogP contribution in [0.25, 0.3) is 5.76 Å². The van der Waals surface area contributed by atoms with E-state index >= 15 is 0 Å². The average molecular weight is 488 g/mol. The molecule has 1 unspecified atom stereocenters. The lowest BCUT2D eigenvalue weighted by molar-refractivity contribution is -0.140. The fraction of sp³-hybridized carbons (Fsp3) is 0.304. The summed E-state index contributed by atoms with van der Waals surface area (Å²) >= 11 is 3.44. The minimum atomic E-state index is -0.769. The van der Waals surface area contributed by atoms with Crippen LogP contribution in [-0.2, 0) is 14.3 Å². The number of likely N-dealkylation sites (tertiary alicyclic amines) is 1. The van der Waals surface area contributed by atoms with Gasteiger partial charge in [0.15, 0.2) is 11.5 Å². The van der Waals surface area contributed by atoms with Crippen molar-refractivity contribution in [2.24, 2.45) is 0 Å². The van der Waals surface area contributed by atoms with Crippen LogP contribution in [0, 0.1) is 6.92 Å². The molecule has 31 heavy (non-hydrogen) atoms. The zero-order valence-electron chi connectivity index (χ0n) is 17.2. The molecule has 0 radical (unpaired) electrons. The fourth-order valence-electron chi connectivity index (χ4n) is 3.82. The molecule has 0 aliphatic carbocycles. The van der Waals surface area contributed by atoms with E-state index in [1.165, 1.54) is 12.0 Å². The number of hydrogen-bond donors (Lipinski definition) is 1. The Bertz CT molecular complexity index is 1080. The van der Waals surface area contributed by atoms with Crippen molar-refractivity contribution in [3.8, 4) is 11.5 Å². The lowest BCUT2D eigenvalue weighted by Crippen LogP contribution is -2.32. The number of benzene rings is 2. The van der Waals surface area contributed by atoms with Gasteiger partial charge in [0, 0.05) is 23.7 Å². The second-order valence-electron chi connectivity index (χ2n) is 7.35. The Balaban J connectivity index is 1.86. The van der Waals surface area contributed by atoms with Gasteiger partial charge in [-0.25, -0.2) is 0 Å². The highest BCUT2D eigenvalue weighted by atomic mass is 79.9. The number of carbonyl (C=O) groups is 2. The van der Waals surface area contributed by atoms with Gasteiger partial charge in [-0.1, -0.05) is 28.1 Å². The highest BCUT2D eigenvalue weighted by molar-refractivity contribution is 9.10. The molecule has 2 heterocycles. The number of halogens is 1. The Morgan fingerprint density at radius 2 is 1.90 bits per heavy atom. The molecule has 8 heteroatoms. The number of carbonyl (C=O) groups excluding carboxylic acids is 2. The van der Waals surface area contributed by atoms with Crippen LogP contribution in [0.1, 0.15) is 22.7 Å². The van der Waals surface area contributed by atoms with Crippen molar-refractivity contribution in [3.05, 3.63) is 63.1 Å². The van der Waals surface area contributed by atoms with E-state index in [4.69, 9.17) is 14.2 Å². The molecule has 1 atom stereocenters. The second-order valence-corrected chi connectivity index (χ2v) is 8.21. The largest absolute Gasteiger partial charge is 0.507 e. The number of hydrogen-bond acceptors (Lipinski definition) is 6. The molecule has 162 valence electrons. The molecule has 1 saturated heterocycles. The fourth-order valence-corrected chi connectivity index (χ4v) is 4.07. The van der Waals surface area contributed by atoms with Gasteiger partial charge in [-0.15, -0.1) is 0 Å². The van der Waals surface area contributed by atoms with Gasteiger partial charge >= 0.3 is 0 Å². The Hall–Kier alpha value is -2.84. The van der Waals surface area contributed by atoms with Gasteiger partial charge in [-0.3, -0.25) is 9.59 Å². The van der Waals surface area contributed by atoms with Crippen molar-refractivity contribution in [1.29, 1.82) is 0 Å². The first-order chi connectivity index (χ1) is 14.9. The molecule has 2 aliphatic rings. The molecule has 7 nitrogen and oxygen atoms in total.